The lowest BCUT2D eigenvalue weighted by atomic mass is 10.2. The maximum absolute atomic E-state index is 12.7. The summed E-state index contributed by atoms with van der Waals surface area (Å²) in [6, 6.07) is 3.09. The minimum atomic E-state index is -4.47. The zero-order chi connectivity index (χ0) is 14.9. The van der Waals surface area contributed by atoms with Crippen molar-refractivity contribution in [3.8, 4) is 5.69 Å². The molecule has 2 rings (SSSR count). The Morgan fingerprint density at radius 2 is 2.10 bits per heavy atom. The van der Waals surface area contributed by atoms with E-state index in [0.717, 1.165) is 16.8 Å². The van der Waals surface area contributed by atoms with Crippen LogP contribution < -0.4 is 0 Å². The average Bonchev–Trinajstić information content (AvgIpc) is 2.75. The van der Waals surface area contributed by atoms with Crippen LogP contribution in [0.4, 0.5) is 13.2 Å². The van der Waals surface area contributed by atoms with E-state index >= 15 is 0 Å². The Morgan fingerprint density at radius 3 is 2.70 bits per heavy atom. The molecule has 106 valence electrons. The molecule has 9 heteroatoms. The van der Waals surface area contributed by atoms with Crippen LogP contribution in [0.5, 0.6) is 0 Å². The molecule has 0 unspecified atom stereocenters. The molecule has 0 bridgehead atoms. The van der Waals surface area contributed by atoms with Gasteiger partial charge in [-0.05, 0) is 34.1 Å². The normalized spacial score (nSPS) is 11.6. The molecule has 0 spiro atoms. The van der Waals surface area contributed by atoms with Gasteiger partial charge in [-0.1, -0.05) is 5.21 Å². The number of halogens is 4. The van der Waals surface area contributed by atoms with Crippen LogP contribution in [0.2, 0.25) is 0 Å². The van der Waals surface area contributed by atoms with E-state index in [4.69, 9.17) is 5.11 Å². The van der Waals surface area contributed by atoms with Crippen LogP contribution in [-0.4, -0.2) is 26.1 Å². The van der Waals surface area contributed by atoms with Gasteiger partial charge in [-0.2, -0.15) is 13.2 Å². The molecule has 1 aromatic heterocycles. The third-order valence-corrected chi connectivity index (χ3v) is 3.06. The summed E-state index contributed by atoms with van der Waals surface area (Å²) in [5, 5.41) is 15.8. The number of aromatic nitrogens is 3. The van der Waals surface area contributed by atoms with Crippen molar-refractivity contribution in [3.05, 3.63) is 40.1 Å². The van der Waals surface area contributed by atoms with Gasteiger partial charge in [0.15, 0.2) is 0 Å². The highest BCUT2D eigenvalue weighted by atomic mass is 79.9. The van der Waals surface area contributed by atoms with Crippen LogP contribution >= 0.6 is 15.9 Å². The SMILES string of the molecule is O=C(O)Cc1cn(-c2cc(C(F)(F)F)ccc2Br)nn1. The van der Waals surface area contributed by atoms with Gasteiger partial charge in [-0.15, -0.1) is 5.10 Å². The lowest BCUT2D eigenvalue weighted by Crippen LogP contribution is -2.07. The first-order chi connectivity index (χ1) is 9.27. The van der Waals surface area contributed by atoms with Crippen molar-refractivity contribution < 1.29 is 23.1 Å². The summed E-state index contributed by atoms with van der Waals surface area (Å²) < 4.78 is 39.4. The maximum Gasteiger partial charge on any atom is 0.416 e. The molecular weight excluding hydrogens is 343 g/mol. The van der Waals surface area contributed by atoms with E-state index in [-0.39, 0.29) is 17.8 Å². The molecular formula is C11H7BrF3N3O2. The number of carboxylic acids is 1. The van der Waals surface area contributed by atoms with E-state index < -0.39 is 17.7 Å². The van der Waals surface area contributed by atoms with Crippen LogP contribution in [-0.2, 0) is 17.4 Å². The summed E-state index contributed by atoms with van der Waals surface area (Å²) >= 11 is 3.12. The Kier molecular flexibility index (Phi) is 3.80. The standard InChI is InChI=1S/C11H7BrF3N3O2/c12-8-2-1-6(11(13,14)15)3-9(8)18-5-7(16-17-18)4-10(19)20/h1-3,5H,4H2,(H,19,20). The second-order valence-corrected chi connectivity index (χ2v) is 4.74. The van der Waals surface area contributed by atoms with Gasteiger partial charge < -0.3 is 5.11 Å². The quantitative estimate of drug-likeness (QED) is 0.924. The average molecular weight is 350 g/mol. The Labute approximate surface area is 119 Å². The lowest BCUT2D eigenvalue weighted by Gasteiger charge is -2.10. The zero-order valence-corrected chi connectivity index (χ0v) is 11.3. The first-order valence-electron chi connectivity index (χ1n) is 5.27. The van der Waals surface area contributed by atoms with Gasteiger partial charge in [0.1, 0.15) is 0 Å². The topological polar surface area (TPSA) is 68.0 Å². The monoisotopic (exact) mass is 349 g/mol. The molecule has 1 N–H and O–H groups in total. The fraction of sp³-hybridized carbons (Fsp3) is 0.182. The lowest BCUT2D eigenvalue weighted by molar-refractivity contribution is -0.138. The second-order valence-electron chi connectivity index (χ2n) is 3.89. The molecule has 0 aliphatic carbocycles. The zero-order valence-electron chi connectivity index (χ0n) is 9.73. The number of alkyl halides is 3. The van der Waals surface area contributed by atoms with Crippen LogP contribution in [0.1, 0.15) is 11.3 Å². The van der Waals surface area contributed by atoms with E-state index in [1.807, 2.05) is 0 Å². The third kappa shape index (κ3) is 3.16. The predicted molar refractivity (Wildman–Crippen MR) is 65.4 cm³/mol. The molecule has 1 heterocycles. The Bertz CT molecular complexity index is 655. The number of carboxylic acid groups (broad SMARTS) is 1. The summed E-state index contributed by atoms with van der Waals surface area (Å²) in [6.07, 6.45) is -3.55. The van der Waals surface area contributed by atoms with Crippen molar-refractivity contribution in [2.75, 3.05) is 0 Å². The highest BCUT2D eigenvalue weighted by Crippen LogP contribution is 2.33. The van der Waals surface area contributed by atoms with Crippen molar-refractivity contribution in [2.24, 2.45) is 0 Å². The summed E-state index contributed by atoms with van der Waals surface area (Å²) in [5.74, 6) is -1.10. The van der Waals surface area contributed by atoms with Crippen LogP contribution in [0.15, 0.2) is 28.9 Å². The van der Waals surface area contributed by atoms with Crippen LogP contribution in [0.3, 0.4) is 0 Å². The fourth-order valence-electron chi connectivity index (χ4n) is 1.52. The van der Waals surface area contributed by atoms with Gasteiger partial charge in [0.2, 0.25) is 0 Å². The van der Waals surface area contributed by atoms with E-state index in [0.29, 0.717) is 4.47 Å². The number of hydrogen-bond acceptors (Lipinski definition) is 3. The number of rotatable bonds is 3. The number of aliphatic carboxylic acids is 1. The van der Waals surface area contributed by atoms with Crippen molar-refractivity contribution in [2.45, 2.75) is 12.6 Å². The van der Waals surface area contributed by atoms with Crippen molar-refractivity contribution in [1.29, 1.82) is 0 Å². The minimum absolute atomic E-state index is 0.129. The Balaban J connectivity index is 2.41. The molecule has 0 saturated heterocycles. The van der Waals surface area contributed by atoms with Gasteiger partial charge >= 0.3 is 12.1 Å². The van der Waals surface area contributed by atoms with Crippen molar-refractivity contribution >= 4 is 21.9 Å². The summed E-state index contributed by atoms with van der Waals surface area (Å²) in [5.41, 5.74) is -0.545. The smallest absolute Gasteiger partial charge is 0.416 e. The number of carbonyl (C=O) groups is 1. The molecule has 0 atom stereocenters. The van der Waals surface area contributed by atoms with Gasteiger partial charge in [0.25, 0.3) is 0 Å². The van der Waals surface area contributed by atoms with Crippen LogP contribution in [0.25, 0.3) is 5.69 Å². The second kappa shape index (κ2) is 5.23. The molecule has 20 heavy (non-hydrogen) atoms. The van der Waals surface area contributed by atoms with Gasteiger partial charge in [0, 0.05) is 4.47 Å². The van der Waals surface area contributed by atoms with E-state index in [1.165, 1.54) is 12.3 Å². The molecule has 5 nitrogen and oxygen atoms in total. The van der Waals surface area contributed by atoms with E-state index in [2.05, 4.69) is 26.2 Å². The largest absolute Gasteiger partial charge is 0.481 e. The van der Waals surface area contributed by atoms with Crippen molar-refractivity contribution in [3.63, 3.8) is 0 Å². The predicted octanol–water partition coefficient (Wildman–Crippen LogP) is 2.68. The molecule has 0 saturated carbocycles. The maximum atomic E-state index is 12.7. The Hall–Kier alpha value is -1.90. The van der Waals surface area contributed by atoms with Gasteiger partial charge in [-0.25, -0.2) is 4.68 Å². The molecule has 0 aliphatic rings. The number of benzene rings is 1. The minimum Gasteiger partial charge on any atom is -0.481 e. The fourth-order valence-corrected chi connectivity index (χ4v) is 1.94. The number of nitrogens with zero attached hydrogens (tertiary/aromatic N) is 3. The first kappa shape index (κ1) is 14.5. The molecule has 2 aromatic rings. The highest BCUT2D eigenvalue weighted by molar-refractivity contribution is 9.10. The highest BCUT2D eigenvalue weighted by Gasteiger charge is 2.31. The molecule has 0 amide bonds. The van der Waals surface area contributed by atoms with Crippen molar-refractivity contribution in [1.82, 2.24) is 15.0 Å². The third-order valence-electron chi connectivity index (χ3n) is 2.39. The first-order valence-corrected chi connectivity index (χ1v) is 6.07. The molecule has 0 radical (unpaired) electrons. The van der Waals surface area contributed by atoms with Gasteiger partial charge in [0.05, 0.1) is 29.6 Å². The molecule has 0 aliphatic heterocycles. The molecule has 0 fully saturated rings. The summed E-state index contributed by atoms with van der Waals surface area (Å²) in [6.45, 7) is 0. The number of hydrogen-bond donors (Lipinski definition) is 1. The van der Waals surface area contributed by atoms with E-state index in [1.54, 1.807) is 0 Å². The van der Waals surface area contributed by atoms with Gasteiger partial charge in [-0.3, -0.25) is 4.79 Å². The Morgan fingerprint density at radius 1 is 1.40 bits per heavy atom. The summed E-state index contributed by atoms with van der Waals surface area (Å²) in [7, 11) is 0. The van der Waals surface area contributed by atoms with E-state index in [9.17, 15) is 18.0 Å². The molecule has 1 aromatic carbocycles. The summed E-state index contributed by atoms with van der Waals surface area (Å²) in [4.78, 5) is 10.5. The van der Waals surface area contributed by atoms with Crippen LogP contribution in [0, 0.1) is 0 Å².